The van der Waals surface area contributed by atoms with E-state index < -0.39 is 35.6 Å². The zero-order chi connectivity index (χ0) is 23.2. The van der Waals surface area contributed by atoms with Crippen LogP contribution in [0.2, 0.25) is 0 Å². The van der Waals surface area contributed by atoms with Crippen LogP contribution in [0.1, 0.15) is 40.2 Å². The van der Waals surface area contributed by atoms with E-state index in [0.717, 1.165) is 5.56 Å². The molecule has 0 unspecified atom stereocenters. The second-order valence-corrected chi connectivity index (χ2v) is 8.47. The second kappa shape index (κ2) is 10.3. The molecule has 0 radical (unpaired) electrons. The number of hydrogen-bond donors (Lipinski definition) is 1. The summed E-state index contributed by atoms with van der Waals surface area (Å²) in [4.78, 5) is 52.3. The quantitative estimate of drug-likeness (QED) is 0.659. The van der Waals surface area contributed by atoms with E-state index in [0.29, 0.717) is 0 Å². The van der Waals surface area contributed by atoms with Gasteiger partial charge in [0.15, 0.2) is 0 Å². The molecule has 0 bridgehead atoms. The molecule has 9 nitrogen and oxygen atoms in total. The Balaban J connectivity index is 2.07. The van der Waals surface area contributed by atoms with Gasteiger partial charge in [-0.25, -0.2) is 9.59 Å². The molecule has 1 aliphatic heterocycles. The van der Waals surface area contributed by atoms with Gasteiger partial charge in [-0.15, -0.1) is 0 Å². The van der Waals surface area contributed by atoms with E-state index in [2.05, 4.69) is 5.32 Å². The maximum absolute atomic E-state index is 12.8. The van der Waals surface area contributed by atoms with Gasteiger partial charge in [0, 0.05) is 5.41 Å². The van der Waals surface area contributed by atoms with E-state index in [9.17, 15) is 19.2 Å². The SMILES string of the molecule is CCOC(=O)[C@H](C)NC(=O)CN1C(=O)CN(C(=O)OCc2ccccc2)[C@H]1C(C)(C)C. The molecule has 1 heterocycles. The Bertz CT molecular complexity index is 805. The summed E-state index contributed by atoms with van der Waals surface area (Å²) < 4.78 is 10.3. The summed E-state index contributed by atoms with van der Waals surface area (Å²) in [5.74, 6) is -1.43. The fraction of sp³-hybridized carbons (Fsp3) is 0.545. The van der Waals surface area contributed by atoms with Crippen LogP contribution in [0.15, 0.2) is 30.3 Å². The normalized spacial score (nSPS) is 17.3. The molecule has 0 aliphatic carbocycles. The number of nitrogens with one attached hydrogen (secondary N) is 1. The van der Waals surface area contributed by atoms with Gasteiger partial charge in [0.05, 0.1) is 6.61 Å². The van der Waals surface area contributed by atoms with Gasteiger partial charge in [0.25, 0.3) is 0 Å². The van der Waals surface area contributed by atoms with Crippen molar-refractivity contribution in [2.45, 2.75) is 53.4 Å². The van der Waals surface area contributed by atoms with Crippen molar-refractivity contribution >= 4 is 23.9 Å². The van der Waals surface area contributed by atoms with Crippen LogP contribution in [0.3, 0.4) is 0 Å². The highest BCUT2D eigenvalue weighted by Crippen LogP contribution is 2.32. The van der Waals surface area contributed by atoms with Gasteiger partial charge in [0.1, 0.15) is 31.9 Å². The van der Waals surface area contributed by atoms with E-state index >= 15 is 0 Å². The van der Waals surface area contributed by atoms with Crippen LogP contribution in [0.25, 0.3) is 0 Å². The average Bonchev–Trinajstić information content (AvgIpc) is 3.03. The molecule has 2 rings (SSSR count). The highest BCUT2D eigenvalue weighted by atomic mass is 16.6. The summed E-state index contributed by atoms with van der Waals surface area (Å²) in [5, 5.41) is 2.53. The molecule has 1 fully saturated rings. The lowest BCUT2D eigenvalue weighted by molar-refractivity contribution is -0.147. The molecule has 31 heavy (non-hydrogen) atoms. The largest absolute Gasteiger partial charge is 0.464 e. The van der Waals surface area contributed by atoms with E-state index in [-0.39, 0.29) is 32.2 Å². The fourth-order valence-corrected chi connectivity index (χ4v) is 3.47. The molecule has 3 amide bonds. The van der Waals surface area contributed by atoms with Crippen molar-refractivity contribution in [2.24, 2.45) is 5.41 Å². The molecule has 1 aromatic rings. The van der Waals surface area contributed by atoms with Crippen molar-refractivity contribution < 1.29 is 28.7 Å². The summed E-state index contributed by atoms with van der Waals surface area (Å²) >= 11 is 0. The molecular weight excluding hydrogens is 402 g/mol. The van der Waals surface area contributed by atoms with Crippen LogP contribution in [-0.4, -0.2) is 65.6 Å². The predicted octanol–water partition coefficient (Wildman–Crippen LogP) is 1.91. The molecule has 170 valence electrons. The topological polar surface area (TPSA) is 105 Å². The summed E-state index contributed by atoms with van der Waals surface area (Å²) in [5.41, 5.74) is 0.295. The number of rotatable bonds is 7. The number of nitrogens with zero attached hydrogens (tertiary/aromatic N) is 2. The number of esters is 1. The monoisotopic (exact) mass is 433 g/mol. The highest BCUT2D eigenvalue weighted by molar-refractivity contribution is 5.91. The van der Waals surface area contributed by atoms with E-state index in [1.807, 2.05) is 51.1 Å². The number of carbonyl (C=O) groups is 4. The Kier molecular flexibility index (Phi) is 8.01. The zero-order valence-corrected chi connectivity index (χ0v) is 18.7. The molecule has 1 saturated heterocycles. The number of hydrogen-bond acceptors (Lipinski definition) is 6. The fourth-order valence-electron chi connectivity index (χ4n) is 3.47. The Labute approximate surface area is 182 Å². The molecular formula is C22H31N3O6. The van der Waals surface area contributed by atoms with Crippen molar-refractivity contribution in [1.82, 2.24) is 15.1 Å². The third-order valence-electron chi connectivity index (χ3n) is 4.76. The summed E-state index contributed by atoms with van der Waals surface area (Å²) in [7, 11) is 0. The molecule has 1 aromatic carbocycles. The van der Waals surface area contributed by atoms with Crippen molar-refractivity contribution in [1.29, 1.82) is 0 Å². The lowest BCUT2D eigenvalue weighted by Crippen LogP contribution is -2.54. The number of carbonyl (C=O) groups excluding carboxylic acids is 4. The first-order valence-electron chi connectivity index (χ1n) is 10.3. The molecule has 0 saturated carbocycles. The number of benzene rings is 1. The van der Waals surface area contributed by atoms with Crippen LogP contribution in [0.5, 0.6) is 0 Å². The molecule has 2 atom stereocenters. The minimum absolute atomic E-state index is 0.0821. The van der Waals surface area contributed by atoms with Gasteiger partial charge >= 0.3 is 12.1 Å². The standard InChI is InChI=1S/C22H31N3O6/c1-6-30-19(28)15(2)23-17(26)12-24-18(27)13-25(20(24)22(3,4)5)21(29)31-14-16-10-8-7-9-11-16/h7-11,15,20H,6,12-14H2,1-5H3,(H,23,26)/t15-,20-/m0/s1. The zero-order valence-electron chi connectivity index (χ0n) is 18.7. The molecule has 1 N–H and O–H groups in total. The molecule has 1 aliphatic rings. The van der Waals surface area contributed by atoms with Crippen LogP contribution < -0.4 is 5.32 Å². The van der Waals surface area contributed by atoms with Crippen LogP contribution in [0, 0.1) is 5.41 Å². The minimum Gasteiger partial charge on any atom is -0.464 e. The third kappa shape index (κ3) is 6.44. The summed E-state index contributed by atoms with van der Waals surface area (Å²) in [6.07, 6.45) is -1.30. The Morgan fingerprint density at radius 2 is 1.81 bits per heavy atom. The van der Waals surface area contributed by atoms with Crippen LogP contribution >= 0.6 is 0 Å². The van der Waals surface area contributed by atoms with Gasteiger partial charge in [0.2, 0.25) is 11.8 Å². The van der Waals surface area contributed by atoms with E-state index in [1.165, 1.54) is 16.7 Å². The van der Waals surface area contributed by atoms with E-state index in [1.54, 1.807) is 6.92 Å². The second-order valence-electron chi connectivity index (χ2n) is 8.47. The van der Waals surface area contributed by atoms with Crippen molar-refractivity contribution in [3.05, 3.63) is 35.9 Å². The van der Waals surface area contributed by atoms with Gasteiger partial charge in [-0.2, -0.15) is 0 Å². The number of amides is 3. The van der Waals surface area contributed by atoms with Crippen molar-refractivity contribution in [2.75, 3.05) is 19.7 Å². The number of ether oxygens (including phenoxy) is 2. The predicted molar refractivity (Wildman–Crippen MR) is 113 cm³/mol. The summed E-state index contributed by atoms with van der Waals surface area (Å²) in [6.45, 7) is 8.63. The smallest absolute Gasteiger partial charge is 0.412 e. The molecule has 0 spiro atoms. The van der Waals surface area contributed by atoms with Gasteiger partial charge in [-0.3, -0.25) is 14.5 Å². The Morgan fingerprint density at radius 1 is 1.16 bits per heavy atom. The lowest BCUT2D eigenvalue weighted by Gasteiger charge is -2.38. The first-order valence-corrected chi connectivity index (χ1v) is 10.3. The third-order valence-corrected chi connectivity index (χ3v) is 4.76. The average molecular weight is 434 g/mol. The van der Waals surface area contributed by atoms with Crippen LogP contribution in [0.4, 0.5) is 4.79 Å². The molecule has 9 heteroatoms. The first kappa shape index (κ1) is 24.2. The van der Waals surface area contributed by atoms with Gasteiger partial charge < -0.3 is 19.7 Å². The molecule has 0 aromatic heterocycles. The highest BCUT2D eigenvalue weighted by Gasteiger charge is 2.48. The maximum Gasteiger partial charge on any atom is 0.412 e. The van der Waals surface area contributed by atoms with Crippen molar-refractivity contribution in [3.63, 3.8) is 0 Å². The van der Waals surface area contributed by atoms with E-state index in [4.69, 9.17) is 9.47 Å². The lowest BCUT2D eigenvalue weighted by atomic mass is 9.91. The van der Waals surface area contributed by atoms with Gasteiger partial charge in [-0.05, 0) is 19.4 Å². The Hall–Kier alpha value is -3.10. The minimum atomic E-state index is -0.842. The maximum atomic E-state index is 12.8. The Morgan fingerprint density at radius 3 is 2.39 bits per heavy atom. The van der Waals surface area contributed by atoms with Crippen molar-refractivity contribution in [3.8, 4) is 0 Å². The van der Waals surface area contributed by atoms with Crippen LogP contribution in [-0.2, 0) is 30.5 Å². The first-order chi connectivity index (χ1) is 14.5. The summed E-state index contributed by atoms with van der Waals surface area (Å²) in [6, 6.07) is 8.39. The van der Waals surface area contributed by atoms with Gasteiger partial charge in [-0.1, -0.05) is 51.1 Å².